The lowest BCUT2D eigenvalue weighted by atomic mass is 9.83. The Morgan fingerprint density at radius 3 is 2.73 bits per heavy atom. The molecule has 2 aliphatic rings. The predicted octanol–water partition coefficient (Wildman–Crippen LogP) is 2.25. The third-order valence-corrected chi connectivity index (χ3v) is 3.37. The summed E-state index contributed by atoms with van der Waals surface area (Å²) >= 11 is 0. The van der Waals surface area contributed by atoms with Crippen LogP contribution in [0.25, 0.3) is 0 Å². The third-order valence-electron chi connectivity index (χ3n) is 3.37. The van der Waals surface area contributed by atoms with E-state index in [1.165, 1.54) is 0 Å². The standard InChI is InChI=1S/C11H14F2O2/c1-2-15-11(14)9-7-4-3-6(5-7)8(9)10(12)13/h3-4,6-10H,2,5H2,1H3/t6?,7?,8-,9-/m0/s1. The van der Waals surface area contributed by atoms with Crippen LogP contribution in [0, 0.1) is 23.7 Å². The summed E-state index contributed by atoms with van der Waals surface area (Å²) in [5.74, 6) is -2.09. The van der Waals surface area contributed by atoms with Gasteiger partial charge in [0, 0.05) is 5.92 Å². The summed E-state index contributed by atoms with van der Waals surface area (Å²) in [6.45, 7) is 1.95. The normalized spacial score (nSPS) is 37.6. The van der Waals surface area contributed by atoms with Crippen molar-refractivity contribution < 1.29 is 18.3 Å². The Labute approximate surface area is 87.3 Å². The lowest BCUT2D eigenvalue weighted by Gasteiger charge is -2.25. The molecule has 0 aliphatic heterocycles. The fourth-order valence-electron chi connectivity index (χ4n) is 2.77. The van der Waals surface area contributed by atoms with E-state index in [2.05, 4.69) is 0 Å². The Kier molecular flexibility index (Phi) is 2.76. The summed E-state index contributed by atoms with van der Waals surface area (Å²) in [5.41, 5.74) is 0. The van der Waals surface area contributed by atoms with Gasteiger partial charge in [0.2, 0.25) is 6.43 Å². The monoisotopic (exact) mass is 216 g/mol. The van der Waals surface area contributed by atoms with Gasteiger partial charge in [-0.3, -0.25) is 4.79 Å². The van der Waals surface area contributed by atoms with E-state index in [4.69, 9.17) is 4.74 Å². The van der Waals surface area contributed by atoms with Crippen molar-refractivity contribution in [3.63, 3.8) is 0 Å². The zero-order valence-corrected chi connectivity index (χ0v) is 8.53. The van der Waals surface area contributed by atoms with Crippen molar-refractivity contribution in [3.8, 4) is 0 Å². The molecule has 0 spiro atoms. The quantitative estimate of drug-likeness (QED) is 0.534. The van der Waals surface area contributed by atoms with E-state index < -0.39 is 24.2 Å². The largest absolute Gasteiger partial charge is 0.466 e. The van der Waals surface area contributed by atoms with Gasteiger partial charge in [0.25, 0.3) is 0 Å². The van der Waals surface area contributed by atoms with Gasteiger partial charge in [0.15, 0.2) is 0 Å². The van der Waals surface area contributed by atoms with E-state index in [0.29, 0.717) is 6.42 Å². The van der Waals surface area contributed by atoms with E-state index in [1.807, 2.05) is 12.2 Å². The van der Waals surface area contributed by atoms with Crippen LogP contribution >= 0.6 is 0 Å². The van der Waals surface area contributed by atoms with Crippen LogP contribution in [0.4, 0.5) is 8.78 Å². The Morgan fingerprint density at radius 1 is 1.47 bits per heavy atom. The highest BCUT2D eigenvalue weighted by Gasteiger charge is 2.52. The smallest absolute Gasteiger partial charge is 0.310 e. The fourth-order valence-corrected chi connectivity index (χ4v) is 2.77. The number of carbonyl (C=O) groups is 1. The maximum atomic E-state index is 12.8. The topological polar surface area (TPSA) is 26.3 Å². The first-order valence-corrected chi connectivity index (χ1v) is 5.28. The first-order valence-electron chi connectivity index (χ1n) is 5.28. The molecule has 4 atom stereocenters. The molecular weight excluding hydrogens is 202 g/mol. The number of fused-ring (bicyclic) bond motifs is 2. The van der Waals surface area contributed by atoms with Crippen LogP contribution in [0.15, 0.2) is 12.2 Å². The minimum atomic E-state index is -2.43. The highest BCUT2D eigenvalue weighted by Crippen LogP contribution is 2.50. The SMILES string of the molecule is CCOC(=O)[C@H]1C2C=CC(C2)[C@@H]1C(F)F. The van der Waals surface area contributed by atoms with Gasteiger partial charge in [-0.2, -0.15) is 0 Å². The number of alkyl halides is 2. The molecule has 0 aromatic carbocycles. The van der Waals surface area contributed by atoms with Crippen molar-refractivity contribution in [1.82, 2.24) is 0 Å². The van der Waals surface area contributed by atoms with Gasteiger partial charge in [-0.05, 0) is 25.2 Å². The average molecular weight is 216 g/mol. The van der Waals surface area contributed by atoms with Crippen molar-refractivity contribution in [2.45, 2.75) is 19.8 Å². The summed E-state index contributed by atoms with van der Waals surface area (Å²) in [7, 11) is 0. The summed E-state index contributed by atoms with van der Waals surface area (Å²) in [5, 5.41) is 0. The molecule has 2 rings (SSSR count). The molecule has 2 unspecified atom stereocenters. The highest BCUT2D eigenvalue weighted by molar-refractivity contribution is 5.74. The van der Waals surface area contributed by atoms with Crippen molar-refractivity contribution in [2.75, 3.05) is 6.61 Å². The molecule has 1 fully saturated rings. The zero-order chi connectivity index (χ0) is 11.0. The second-order valence-corrected chi connectivity index (χ2v) is 4.14. The molecule has 0 radical (unpaired) electrons. The molecule has 0 aromatic rings. The molecular formula is C11H14F2O2. The van der Waals surface area contributed by atoms with E-state index >= 15 is 0 Å². The molecule has 2 bridgehead atoms. The Bertz CT molecular complexity index is 288. The van der Waals surface area contributed by atoms with Gasteiger partial charge in [0.05, 0.1) is 12.5 Å². The van der Waals surface area contributed by atoms with Gasteiger partial charge in [-0.25, -0.2) is 8.78 Å². The number of ether oxygens (including phenoxy) is 1. The van der Waals surface area contributed by atoms with Gasteiger partial charge in [0.1, 0.15) is 0 Å². The van der Waals surface area contributed by atoms with Crippen LogP contribution in [0.5, 0.6) is 0 Å². The molecule has 0 heterocycles. The van der Waals surface area contributed by atoms with Gasteiger partial charge in [-0.1, -0.05) is 12.2 Å². The van der Waals surface area contributed by atoms with Crippen LogP contribution in [0.2, 0.25) is 0 Å². The first kappa shape index (κ1) is 10.6. The zero-order valence-electron chi connectivity index (χ0n) is 8.53. The molecule has 1 saturated carbocycles. The lowest BCUT2D eigenvalue weighted by Crippen LogP contribution is -2.33. The van der Waals surface area contributed by atoms with Crippen molar-refractivity contribution in [3.05, 3.63) is 12.2 Å². The van der Waals surface area contributed by atoms with E-state index in [9.17, 15) is 13.6 Å². The number of hydrogen-bond donors (Lipinski definition) is 0. The highest BCUT2D eigenvalue weighted by atomic mass is 19.3. The number of rotatable bonds is 3. The number of esters is 1. The molecule has 0 saturated heterocycles. The molecule has 84 valence electrons. The van der Waals surface area contributed by atoms with Crippen LogP contribution in [0.1, 0.15) is 13.3 Å². The third kappa shape index (κ3) is 1.66. The molecule has 0 aromatic heterocycles. The van der Waals surface area contributed by atoms with Crippen LogP contribution < -0.4 is 0 Å². The minimum absolute atomic E-state index is 0.0342. The van der Waals surface area contributed by atoms with E-state index in [1.54, 1.807) is 6.92 Å². The second-order valence-electron chi connectivity index (χ2n) is 4.14. The maximum Gasteiger partial charge on any atom is 0.310 e. The average Bonchev–Trinajstić information content (AvgIpc) is 2.76. The molecule has 0 amide bonds. The summed E-state index contributed by atoms with van der Waals surface area (Å²) in [4.78, 5) is 11.6. The number of hydrogen-bond acceptors (Lipinski definition) is 2. The van der Waals surface area contributed by atoms with Crippen molar-refractivity contribution in [1.29, 1.82) is 0 Å². The molecule has 2 aliphatic carbocycles. The van der Waals surface area contributed by atoms with E-state index in [-0.39, 0.29) is 18.4 Å². The predicted molar refractivity (Wildman–Crippen MR) is 50.4 cm³/mol. The molecule has 15 heavy (non-hydrogen) atoms. The Morgan fingerprint density at radius 2 is 2.13 bits per heavy atom. The Balaban J connectivity index is 2.15. The molecule has 2 nitrogen and oxygen atoms in total. The van der Waals surface area contributed by atoms with Gasteiger partial charge >= 0.3 is 5.97 Å². The minimum Gasteiger partial charge on any atom is -0.466 e. The summed E-state index contributed by atoms with van der Waals surface area (Å²) in [6.07, 6.45) is 1.94. The van der Waals surface area contributed by atoms with Gasteiger partial charge < -0.3 is 4.74 Å². The van der Waals surface area contributed by atoms with Gasteiger partial charge in [-0.15, -0.1) is 0 Å². The lowest BCUT2D eigenvalue weighted by molar-refractivity contribution is -0.153. The number of carbonyl (C=O) groups excluding carboxylic acids is 1. The fraction of sp³-hybridized carbons (Fsp3) is 0.727. The molecule has 4 heteroatoms. The van der Waals surface area contributed by atoms with Crippen LogP contribution in [0.3, 0.4) is 0 Å². The number of allylic oxidation sites excluding steroid dienone is 2. The Hall–Kier alpha value is -0.930. The van der Waals surface area contributed by atoms with Crippen LogP contribution in [-0.2, 0) is 9.53 Å². The van der Waals surface area contributed by atoms with Crippen LogP contribution in [-0.4, -0.2) is 19.0 Å². The molecule has 0 N–H and O–H groups in total. The van der Waals surface area contributed by atoms with Crippen molar-refractivity contribution >= 4 is 5.97 Å². The summed E-state index contributed by atoms with van der Waals surface area (Å²) < 4.78 is 30.5. The summed E-state index contributed by atoms with van der Waals surface area (Å²) in [6, 6.07) is 0. The van der Waals surface area contributed by atoms with E-state index in [0.717, 1.165) is 0 Å². The number of halogens is 2. The van der Waals surface area contributed by atoms with Crippen molar-refractivity contribution in [2.24, 2.45) is 23.7 Å². The second kappa shape index (κ2) is 3.91. The maximum absolute atomic E-state index is 12.8. The first-order chi connectivity index (χ1) is 7.15.